The third-order valence-corrected chi connectivity index (χ3v) is 3.63. The van der Waals surface area contributed by atoms with Crippen LogP contribution in [0.4, 0.5) is 5.69 Å². The third-order valence-electron chi connectivity index (χ3n) is 3.63. The summed E-state index contributed by atoms with van der Waals surface area (Å²) >= 11 is 0. The fraction of sp³-hybridized carbons (Fsp3) is 0.571. The van der Waals surface area contributed by atoms with Crippen LogP contribution in [-0.4, -0.2) is 12.6 Å². The molecule has 0 heterocycles. The summed E-state index contributed by atoms with van der Waals surface area (Å²) in [5, 5.41) is 3.57. The van der Waals surface area contributed by atoms with Crippen LogP contribution in [0, 0.1) is 12.8 Å². The lowest BCUT2D eigenvalue weighted by atomic mass is 9.98. The molecule has 1 unspecified atom stereocenters. The Kier molecular flexibility index (Phi) is 3.83. The first kappa shape index (κ1) is 11.5. The lowest BCUT2D eigenvalue weighted by Gasteiger charge is -2.24. The van der Waals surface area contributed by atoms with Gasteiger partial charge in [-0.3, -0.25) is 0 Å². The normalized spacial score (nSPS) is 18.6. The van der Waals surface area contributed by atoms with Crippen LogP contribution in [0.25, 0.3) is 0 Å². The predicted molar refractivity (Wildman–Crippen MR) is 69.6 cm³/mol. The number of anilines is 1. The number of hydrogen-bond acceptors (Lipinski definition) is 2. The molecule has 0 radical (unpaired) electrons. The molecule has 1 aromatic carbocycles. The van der Waals surface area contributed by atoms with Crippen LogP contribution in [0.2, 0.25) is 0 Å². The molecule has 1 aromatic rings. The second kappa shape index (κ2) is 5.35. The van der Waals surface area contributed by atoms with E-state index in [1.807, 2.05) is 0 Å². The van der Waals surface area contributed by atoms with Crippen molar-refractivity contribution in [1.29, 1.82) is 0 Å². The van der Waals surface area contributed by atoms with Gasteiger partial charge in [-0.1, -0.05) is 30.5 Å². The van der Waals surface area contributed by atoms with E-state index in [4.69, 9.17) is 5.73 Å². The zero-order valence-electron chi connectivity index (χ0n) is 10.1. The Morgan fingerprint density at radius 3 is 2.44 bits per heavy atom. The van der Waals surface area contributed by atoms with Gasteiger partial charge in [0, 0.05) is 18.3 Å². The van der Waals surface area contributed by atoms with Crippen molar-refractivity contribution in [3.63, 3.8) is 0 Å². The lowest BCUT2D eigenvalue weighted by molar-refractivity contribution is 0.462. The van der Waals surface area contributed by atoms with Crippen LogP contribution in [0.3, 0.4) is 0 Å². The zero-order valence-corrected chi connectivity index (χ0v) is 10.1. The molecule has 1 saturated carbocycles. The molecular weight excluding hydrogens is 196 g/mol. The van der Waals surface area contributed by atoms with Crippen molar-refractivity contribution < 1.29 is 0 Å². The van der Waals surface area contributed by atoms with Crippen LogP contribution in [-0.2, 0) is 0 Å². The van der Waals surface area contributed by atoms with Gasteiger partial charge in [-0.05, 0) is 37.8 Å². The van der Waals surface area contributed by atoms with Crippen LogP contribution < -0.4 is 11.1 Å². The Morgan fingerprint density at radius 2 is 1.88 bits per heavy atom. The van der Waals surface area contributed by atoms with Crippen LogP contribution in [0.5, 0.6) is 0 Å². The summed E-state index contributed by atoms with van der Waals surface area (Å²) in [4.78, 5) is 0. The SMILES string of the molecule is Cc1ccc(NC(CN)C2CCCC2)cc1. The summed E-state index contributed by atoms with van der Waals surface area (Å²) in [6.07, 6.45) is 5.41. The van der Waals surface area contributed by atoms with Crippen molar-refractivity contribution >= 4 is 5.69 Å². The smallest absolute Gasteiger partial charge is 0.0411 e. The molecule has 0 spiro atoms. The summed E-state index contributed by atoms with van der Waals surface area (Å²) in [5.41, 5.74) is 8.37. The average Bonchev–Trinajstić information content (AvgIpc) is 2.82. The zero-order chi connectivity index (χ0) is 11.4. The first-order valence-corrected chi connectivity index (χ1v) is 6.33. The maximum atomic E-state index is 5.87. The highest BCUT2D eigenvalue weighted by Gasteiger charge is 2.23. The summed E-state index contributed by atoms with van der Waals surface area (Å²) in [7, 11) is 0. The number of nitrogens with one attached hydrogen (secondary N) is 1. The van der Waals surface area contributed by atoms with E-state index in [1.165, 1.54) is 36.9 Å². The number of nitrogens with two attached hydrogens (primary N) is 1. The molecule has 3 N–H and O–H groups in total. The minimum Gasteiger partial charge on any atom is -0.381 e. The van der Waals surface area contributed by atoms with Crippen molar-refractivity contribution in [2.75, 3.05) is 11.9 Å². The highest BCUT2D eigenvalue weighted by molar-refractivity contribution is 5.45. The predicted octanol–water partition coefficient (Wildman–Crippen LogP) is 2.92. The van der Waals surface area contributed by atoms with E-state index in [-0.39, 0.29) is 0 Å². The van der Waals surface area contributed by atoms with Crippen molar-refractivity contribution in [1.82, 2.24) is 0 Å². The van der Waals surface area contributed by atoms with Crippen molar-refractivity contribution in [3.05, 3.63) is 29.8 Å². The second-order valence-corrected chi connectivity index (χ2v) is 4.90. The highest BCUT2D eigenvalue weighted by atomic mass is 14.9. The molecule has 0 aromatic heterocycles. The maximum absolute atomic E-state index is 5.87. The Labute approximate surface area is 98.2 Å². The Hall–Kier alpha value is -1.02. The second-order valence-electron chi connectivity index (χ2n) is 4.90. The molecule has 2 heteroatoms. The Balaban J connectivity index is 1.97. The van der Waals surface area contributed by atoms with Crippen molar-refractivity contribution in [2.45, 2.75) is 38.6 Å². The standard InChI is InChI=1S/C14H22N2/c1-11-6-8-13(9-7-11)16-14(10-15)12-4-2-3-5-12/h6-9,12,14,16H,2-5,10,15H2,1H3. The Morgan fingerprint density at radius 1 is 1.25 bits per heavy atom. The van der Waals surface area contributed by atoms with E-state index in [0.29, 0.717) is 6.04 Å². The molecule has 0 saturated heterocycles. The lowest BCUT2D eigenvalue weighted by Crippen LogP contribution is -2.35. The summed E-state index contributed by atoms with van der Waals surface area (Å²) in [5.74, 6) is 0.770. The van der Waals surface area contributed by atoms with Gasteiger partial charge in [0.15, 0.2) is 0 Å². The van der Waals surface area contributed by atoms with Gasteiger partial charge in [-0.25, -0.2) is 0 Å². The van der Waals surface area contributed by atoms with Gasteiger partial charge in [0.1, 0.15) is 0 Å². The highest BCUT2D eigenvalue weighted by Crippen LogP contribution is 2.29. The maximum Gasteiger partial charge on any atom is 0.0411 e. The van der Waals surface area contributed by atoms with E-state index in [1.54, 1.807) is 0 Å². The fourth-order valence-electron chi connectivity index (χ4n) is 2.59. The molecule has 1 fully saturated rings. The van der Waals surface area contributed by atoms with Gasteiger partial charge in [0.25, 0.3) is 0 Å². The Bertz CT molecular complexity index is 312. The number of rotatable bonds is 4. The number of aryl methyl sites for hydroxylation is 1. The third kappa shape index (κ3) is 2.76. The van der Waals surface area contributed by atoms with Gasteiger partial charge < -0.3 is 11.1 Å². The van der Waals surface area contributed by atoms with E-state index in [9.17, 15) is 0 Å². The van der Waals surface area contributed by atoms with Crippen LogP contribution in [0.15, 0.2) is 24.3 Å². The van der Waals surface area contributed by atoms with Gasteiger partial charge in [-0.2, -0.15) is 0 Å². The molecule has 88 valence electrons. The first-order valence-electron chi connectivity index (χ1n) is 6.33. The molecule has 2 nitrogen and oxygen atoms in total. The minimum absolute atomic E-state index is 0.449. The molecule has 0 aliphatic heterocycles. The molecule has 0 bridgehead atoms. The first-order chi connectivity index (χ1) is 7.79. The fourth-order valence-corrected chi connectivity index (χ4v) is 2.59. The average molecular weight is 218 g/mol. The van der Waals surface area contributed by atoms with Gasteiger partial charge in [0.05, 0.1) is 0 Å². The molecular formula is C14H22N2. The largest absolute Gasteiger partial charge is 0.381 e. The number of benzene rings is 1. The molecule has 1 aliphatic carbocycles. The van der Waals surface area contributed by atoms with E-state index >= 15 is 0 Å². The van der Waals surface area contributed by atoms with Crippen LogP contribution >= 0.6 is 0 Å². The summed E-state index contributed by atoms with van der Waals surface area (Å²) < 4.78 is 0. The summed E-state index contributed by atoms with van der Waals surface area (Å²) in [6.45, 7) is 2.85. The monoisotopic (exact) mass is 218 g/mol. The quantitative estimate of drug-likeness (QED) is 0.815. The molecule has 1 aliphatic rings. The summed E-state index contributed by atoms with van der Waals surface area (Å²) in [6, 6.07) is 9.03. The molecule has 2 rings (SSSR count). The van der Waals surface area contributed by atoms with Crippen LogP contribution in [0.1, 0.15) is 31.2 Å². The minimum atomic E-state index is 0.449. The van der Waals surface area contributed by atoms with E-state index in [0.717, 1.165) is 12.5 Å². The number of hydrogen-bond donors (Lipinski definition) is 2. The van der Waals surface area contributed by atoms with E-state index < -0.39 is 0 Å². The van der Waals surface area contributed by atoms with E-state index in [2.05, 4.69) is 36.5 Å². The van der Waals surface area contributed by atoms with Crippen molar-refractivity contribution in [3.8, 4) is 0 Å². The molecule has 16 heavy (non-hydrogen) atoms. The molecule has 0 amide bonds. The van der Waals surface area contributed by atoms with Gasteiger partial charge in [-0.15, -0.1) is 0 Å². The molecule has 1 atom stereocenters. The van der Waals surface area contributed by atoms with Gasteiger partial charge in [0.2, 0.25) is 0 Å². The van der Waals surface area contributed by atoms with Gasteiger partial charge >= 0.3 is 0 Å². The topological polar surface area (TPSA) is 38.0 Å². The van der Waals surface area contributed by atoms with Crippen molar-refractivity contribution in [2.24, 2.45) is 11.7 Å².